The first-order valence-corrected chi connectivity index (χ1v) is 7.51. The zero-order valence-corrected chi connectivity index (χ0v) is 13.5. The molecule has 22 heavy (non-hydrogen) atoms. The number of alkyl halides is 3. The van der Waals surface area contributed by atoms with Crippen LogP contribution in [0.4, 0.5) is 17.6 Å². The maximum atomic E-state index is 13.6. The van der Waals surface area contributed by atoms with Crippen molar-refractivity contribution in [3.8, 4) is 0 Å². The summed E-state index contributed by atoms with van der Waals surface area (Å²) < 4.78 is 51.1. The quantitative estimate of drug-likeness (QED) is 0.733. The molecule has 1 saturated heterocycles. The van der Waals surface area contributed by atoms with E-state index in [2.05, 4.69) is 15.9 Å². The lowest BCUT2D eigenvalue weighted by Crippen LogP contribution is -2.51. The molecule has 0 aliphatic carbocycles. The van der Waals surface area contributed by atoms with Gasteiger partial charge in [0, 0.05) is 30.7 Å². The molecule has 0 spiro atoms. The second kappa shape index (κ2) is 6.54. The monoisotopic (exact) mass is 382 g/mol. The van der Waals surface area contributed by atoms with Crippen LogP contribution in [0.1, 0.15) is 15.9 Å². The number of halogens is 5. The molecule has 2 rings (SSSR count). The van der Waals surface area contributed by atoms with Crippen molar-refractivity contribution in [3.63, 3.8) is 0 Å². The molecule has 3 nitrogen and oxygen atoms in total. The average Bonchev–Trinajstić information content (AvgIpc) is 2.41. The minimum atomic E-state index is -4.24. The summed E-state index contributed by atoms with van der Waals surface area (Å²) >= 11 is 3.23. The highest BCUT2D eigenvalue weighted by atomic mass is 79.9. The molecule has 1 heterocycles. The molecule has 1 amide bonds. The van der Waals surface area contributed by atoms with Gasteiger partial charge in [-0.05, 0) is 40.5 Å². The average molecular weight is 383 g/mol. The zero-order valence-electron chi connectivity index (χ0n) is 11.9. The lowest BCUT2D eigenvalue weighted by Gasteiger charge is -2.35. The molecule has 1 aliphatic heterocycles. The summed E-state index contributed by atoms with van der Waals surface area (Å²) in [5.41, 5.74) is 0.603. The Morgan fingerprint density at radius 2 is 1.82 bits per heavy atom. The number of carbonyl (C=O) groups excluding carboxylic acids is 1. The molecule has 8 heteroatoms. The molecular weight excluding hydrogens is 368 g/mol. The molecule has 0 atom stereocenters. The van der Waals surface area contributed by atoms with Gasteiger partial charge in [-0.25, -0.2) is 4.39 Å². The fourth-order valence-corrected chi connectivity index (χ4v) is 2.97. The number of nitrogens with zero attached hydrogens (tertiary/aromatic N) is 2. The summed E-state index contributed by atoms with van der Waals surface area (Å²) in [6, 6.07) is 2.67. The summed E-state index contributed by atoms with van der Waals surface area (Å²) in [4.78, 5) is 15.1. The van der Waals surface area contributed by atoms with Crippen molar-refractivity contribution in [2.24, 2.45) is 0 Å². The highest BCUT2D eigenvalue weighted by molar-refractivity contribution is 9.10. The Morgan fingerprint density at radius 1 is 1.23 bits per heavy atom. The largest absolute Gasteiger partial charge is 0.401 e. The van der Waals surface area contributed by atoms with Gasteiger partial charge in [0.15, 0.2) is 0 Å². The number of benzene rings is 1. The molecule has 122 valence electrons. The van der Waals surface area contributed by atoms with Crippen LogP contribution < -0.4 is 0 Å². The minimum absolute atomic E-state index is 0.150. The van der Waals surface area contributed by atoms with E-state index in [1.165, 1.54) is 15.9 Å². The zero-order chi connectivity index (χ0) is 16.5. The number of piperazine rings is 1. The van der Waals surface area contributed by atoms with Gasteiger partial charge in [0.25, 0.3) is 5.91 Å². The summed E-state index contributed by atoms with van der Waals surface area (Å²) in [7, 11) is 0. The Labute approximate surface area is 134 Å². The number of rotatable bonds is 2. The van der Waals surface area contributed by atoms with Crippen molar-refractivity contribution < 1.29 is 22.4 Å². The molecule has 0 N–H and O–H groups in total. The van der Waals surface area contributed by atoms with Crippen LogP contribution in [0.2, 0.25) is 0 Å². The number of hydrogen-bond acceptors (Lipinski definition) is 2. The molecule has 1 fully saturated rings. The summed E-state index contributed by atoms with van der Waals surface area (Å²) in [6.07, 6.45) is -4.24. The van der Waals surface area contributed by atoms with Crippen molar-refractivity contribution in [3.05, 3.63) is 33.5 Å². The van der Waals surface area contributed by atoms with Gasteiger partial charge >= 0.3 is 6.18 Å². The number of amides is 1. The third kappa shape index (κ3) is 4.19. The summed E-state index contributed by atoms with van der Waals surface area (Å²) in [5.74, 6) is -0.861. The van der Waals surface area contributed by atoms with Crippen LogP contribution in [-0.2, 0) is 0 Å². The first-order chi connectivity index (χ1) is 10.2. The van der Waals surface area contributed by atoms with E-state index in [1.807, 2.05) is 0 Å². The van der Waals surface area contributed by atoms with E-state index in [1.54, 1.807) is 6.92 Å². The van der Waals surface area contributed by atoms with Gasteiger partial charge in [0.1, 0.15) is 5.82 Å². The Bertz CT molecular complexity index is 569. The van der Waals surface area contributed by atoms with E-state index in [-0.39, 0.29) is 37.6 Å². The Kier molecular flexibility index (Phi) is 5.11. The Balaban J connectivity index is 2.03. The standard InChI is InChI=1S/C14H15BrF4N2O/c1-9-6-11(15)10(7-12(9)16)13(22)21-4-2-20(3-5-21)8-14(17,18)19/h6-7H,2-5,8H2,1H3. The molecular formula is C14H15BrF4N2O. The second-order valence-electron chi connectivity index (χ2n) is 5.26. The molecule has 0 saturated carbocycles. The van der Waals surface area contributed by atoms with Gasteiger partial charge in [-0.15, -0.1) is 0 Å². The number of carbonyl (C=O) groups is 1. The predicted molar refractivity (Wildman–Crippen MR) is 77.2 cm³/mol. The Morgan fingerprint density at radius 3 is 2.36 bits per heavy atom. The summed E-state index contributed by atoms with van der Waals surface area (Å²) in [6.45, 7) is 1.30. The molecule has 0 unspecified atom stereocenters. The molecule has 0 radical (unpaired) electrons. The maximum Gasteiger partial charge on any atom is 0.401 e. The van der Waals surface area contributed by atoms with Crippen molar-refractivity contribution in [2.75, 3.05) is 32.7 Å². The molecule has 1 aromatic carbocycles. The molecule has 1 aliphatic rings. The minimum Gasteiger partial charge on any atom is -0.336 e. The van der Waals surface area contributed by atoms with Gasteiger partial charge in [-0.3, -0.25) is 9.69 Å². The number of aryl methyl sites for hydroxylation is 1. The fourth-order valence-electron chi connectivity index (χ4n) is 2.34. The van der Waals surface area contributed by atoms with Crippen LogP contribution in [0.5, 0.6) is 0 Å². The lowest BCUT2D eigenvalue weighted by atomic mass is 10.1. The van der Waals surface area contributed by atoms with E-state index < -0.39 is 18.5 Å². The SMILES string of the molecule is Cc1cc(Br)c(C(=O)N2CCN(CC(F)(F)F)CC2)cc1F. The van der Waals surface area contributed by atoms with Gasteiger partial charge < -0.3 is 4.90 Å². The number of hydrogen-bond donors (Lipinski definition) is 0. The van der Waals surface area contributed by atoms with Gasteiger partial charge in [0.2, 0.25) is 0 Å². The third-order valence-corrected chi connectivity index (χ3v) is 4.20. The van der Waals surface area contributed by atoms with E-state index >= 15 is 0 Å². The van der Waals surface area contributed by atoms with Crippen LogP contribution in [-0.4, -0.2) is 54.6 Å². The van der Waals surface area contributed by atoms with Crippen molar-refractivity contribution in [1.29, 1.82) is 0 Å². The highest BCUT2D eigenvalue weighted by Crippen LogP contribution is 2.23. The second-order valence-corrected chi connectivity index (χ2v) is 6.12. The molecule has 0 aromatic heterocycles. The molecule has 1 aromatic rings. The van der Waals surface area contributed by atoms with E-state index in [0.717, 1.165) is 6.07 Å². The van der Waals surface area contributed by atoms with Gasteiger partial charge in [-0.2, -0.15) is 13.2 Å². The normalized spacial score (nSPS) is 16.9. The van der Waals surface area contributed by atoms with Crippen LogP contribution in [0.15, 0.2) is 16.6 Å². The highest BCUT2D eigenvalue weighted by Gasteiger charge is 2.33. The predicted octanol–water partition coefficient (Wildman–Crippen LogP) is 3.22. The van der Waals surface area contributed by atoms with Gasteiger partial charge in [-0.1, -0.05) is 0 Å². The first-order valence-electron chi connectivity index (χ1n) is 6.71. The third-order valence-electron chi connectivity index (χ3n) is 3.54. The van der Waals surface area contributed by atoms with Crippen LogP contribution in [0, 0.1) is 12.7 Å². The van der Waals surface area contributed by atoms with Crippen LogP contribution in [0.25, 0.3) is 0 Å². The van der Waals surface area contributed by atoms with Crippen LogP contribution >= 0.6 is 15.9 Å². The van der Waals surface area contributed by atoms with Gasteiger partial charge in [0.05, 0.1) is 12.1 Å². The summed E-state index contributed by atoms with van der Waals surface area (Å²) in [5, 5.41) is 0. The smallest absolute Gasteiger partial charge is 0.336 e. The lowest BCUT2D eigenvalue weighted by molar-refractivity contribution is -0.148. The van der Waals surface area contributed by atoms with E-state index in [4.69, 9.17) is 0 Å². The maximum absolute atomic E-state index is 13.6. The van der Waals surface area contributed by atoms with E-state index in [0.29, 0.717) is 10.0 Å². The van der Waals surface area contributed by atoms with Crippen LogP contribution in [0.3, 0.4) is 0 Å². The van der Waals surface area contributed by atoms with Crippen molar-refractivity contribution >= 4 is 21.8 Å². The Hall–Kier alpha value is -1.15. The van der Waals surface area contributed by atoms with Crippen molar-refractivity contribution in [1.82, 2.24) is 9.80 Å². The first kappa shape index (κ1) is 17.2. The molecule has 0 bridgehead atoms. The van der Waals surface area contributed by atoms with Crippen molar-refractivity contribution in [2.45, 2.75) is 13.1 Å². The van der Waals surface area contributed by atoms with E-state index in [9.17, 15) is 22.4 Å². The topological polar surface area (TPSA) is 23.6 Å². The fraction of sp³-hybridized carbons (Fsp3) is 0.500.